The van der Waals surface area contributed by atoms with Crippen LogP contribution >= 0.6 is 0 Å². The first-order valence-electron chi connectivity index (χ1n) is 12.1. The highest BCUT2D eigenvalue weighted by molar-refractivity contribution is 5.89. The molecule has 5 rings (SSSR count). The summed E-state index contributed by atoms with van der Waals surface area (Å²) in [6, 6.07) is 16.4. The number of hydrogen-bond donors (Lipinski definition) is 2. The largest absolute Gasteiger partial charge is 0.381 e. The van der Waals surface area contributed by atoms with E-state index in [-0.39, 0.29) is 29.6 Å². The van der Waals surface area contributed by atoms with Gasteiger partial charge in [-0.05, 0) is 49.1 Å². The van der Waals surface area contributed by atoms with Crippen LogP contribution in [0.2, 0.25) is 0 Å². The predicted molar refractivity (Wildman–Crippen MR) is 127 cm³/mol. The Labute approximate surface area is 199 Å². The van der Waals surface area contributed by atoms with E-state index >= 15 is 0 Å². The third-order valence-corrected chi connectivity index (χ3v) is 7.91. The van der Waals surface area contributed by atoms with Crippen molar-refractivity contribution in [3.05, 3.63) is 71.5 Å². The molecular formula is C27H32FN3O3. The molecule has 3 fully saturated rings. The molecule has 6 nitrogen and oxygen atoms in total. The van der Waals surface area contributed by atoms with Gasteiger partial charge in [0.2, 0.25) is 11.8 Å². The van der Waals surface area contributed by atoms with Gasteiger partial charge in [-0.3, -0.25) is 9.59 Å². The van der Waals surface area contributed by atoms with Crippen LogP contribution in [-0.4, -0.2) is 55.1 Å². The van der Waals surface area contributed by atoms with Gasteiger partial charge in [-0.25, -0.2) is 4.39 Å². The van der Waals surface area contributed by atoms with Crippen LogP contribution in [-0.2, 0) is 19.7 Å². The fourth-order valence-electron chi connectivity index (χ4n) is 6.42. The molecule has 0 radical (unpaired) electrons. The lowest BCUT2D eigenvalue weighted by Gasteiger charge is -2.41. The van der Waals surface area contributed by atoms with Crippen molar-refractivity contribution in [2.45, 2.75) is 43.2 Å². The molecule has 2 aromatic carbocycles. The number of fused-ring (bicyclic) bond motifs is 1. The van der Waals surface area contributed by atoms with Crippen LogP contribution in [0.3, 0.4) is 0 Å². The van der Waals surface area contributed by atoms with Gasteiger partial charge in [0.25, 0.3) is 0 Å². The van der Waals surface area contributed by atoms with E-state index in [1.165, 1.54) is 19.1 Å². The minimum atomic E-state index is -0.855. The lowest BCUT2D eigenvalue weighted by atomic mass is 9.72. The zero-order valence-corrected chi connectivity index (χ0v) is 19.6. The van der Waals surface area contributed by atoms with Crippen molar-refractivity contribution in [1.82, 2.24) is 15.5 Å². The Morgan fingerprint density at radius 3 is 2.59 bits per heavy atom. The van der Waals surface area contributed by atoms with Gasteiger partial charge in [-0.2, -0.15) is 0 Å². The van der Waals surface area contributed by atoms with Crippen LogP contribution in [0.4, 0.5) is 4.39 Å². The van der Waals surface area contributed by atoms with Gasteiger partial charge in [0, 0.05) is 39.1 Å². The summed E-state index contributed by atoms with van der Waals surface area (Å²) in [7, 11) is 0. The van der Waals surface area contributed by atoms with Crippen LogP contribution in [0.15, 0.2) is 54.6 Å². The monoisotopic (exact) mass is 465 g/mol. The van der Waals surface area contributed by atoms with E-state index in [0.29, 0.717) is 44.7 Å². The Balaban J connectivity index is 1.62. The van der Waals surface area contributed by atoms with Gasteiger partial charge in [0.15, 0.2) is 0 Å². The summed E-state index contributed by atoms with van der Waals surface area (Å²) in [4.78, 5) is 28.9. The van der Waals surface area contributed by atoms with E-state index in [0.717, 1.165) is 18.5 Å². The Morgan fingerprint density at radius 1 is 1.12 bits per heavy atom. The van der Waals surface area contributed by atoms with Crippen molar-refractivity contribution in [2.75, 3.05) is 32.8 Å². The number of carbonyl (C=O) groups is 2. The number of likely N-dealkylation sites (tertiary alicyclic amines) is 1. The van der Waals surface area contributed by atoms with Crippen molar-refractivity contribution >= 4 is 11.8 Å². The molecule has 2 N–H and O–H groups in total. The zero-order valence-electron chi connectivity index (χ0n) is 19.6. The average Bonchev–Trinajstić information content (AvgIpc) is 3.18. The van der Waals surface area contributed by atoms with Crippen LogP contribution in [0.25, 0.3) is 0 Å². The van der Waals surface area contributed by atoms with Gasteiger partial charge in [0.05, 0.1) is 17.0 Å². The number of carbonyl (C=O) groups excluding carboxylic acids is 2. The second kappa shape index (κ2) is 9.12. The number of benzene rings is 2. The molecule has 0 spiro atoms. The smallest absolute Gasteiger partial charge is 0.234 e. The molecule has 180 valence electrons. The van der Waals surface area contributed by atoms with Gasteiger partial charge in [-0.15, -0.1) is 0 Å². The number of amides is 2. The first kappa shape index (κ1) is 23.0. The number of piperidine rings is 1. The highest BCUT2D eigenvalue weighted by atomic mass is 19.1. The summed E-state index contributed by atoms with van der Waals surface area (Å²) >= 11 is 0. The van der Waals surface area contributed by atoms with Crippen LogP contribution in [0.1, 0.15) is 43.4 Å². The summed E-state index contributed by atoms with van der Waals surface area (Å²) in [6.45, 7) is 4.30. The average molecular weight is 466 g/mol. The molecule has 0 aliphatic carbocycles. The quantitative estimate of drug-likeness (QED) is 0.729. The minimum Gasteiger partial charge on any atom is -0.381 e. The van der Waals surface area contributed by atoms with Crippen LogP contribution in [0, 0.1) is 11.7 Å². The molecule has 0 unspecified atom stereocenters. The fraction of sp³-hybridized carbons (Fsp3) is 0.481. The number of nitrogens with one attached hydrogen (secondary N) is 2. The Hall–Kier alpha value is -2.77. The van der Waals surface area contributed by atoms with Crippen molar-refractivity contribution in [3.8, 4) is 0 Å². The summed E-state index contributed by atoms with van der Waals surface area (Å²) in [6.07, 6.45) is 1.85. The summed E-state index contributed by atoms with van der Waals surface area (Å²) in [5, 5.41) is 6.67. The Kier molecular flexibility index (Phi) is 6.16. The van der Waals surface area contributed by atoms with Gasteiger partial charge >= 0.3 is 0 Å². The molecule has 2 aromatic rings. The van der Waals surface area contributed by atoms with E-state index in [9.17, 15) is 14.0 Å². The molecule has 34 heavy (non-hydrogen) atoms. The van der Waals surface area contributed by atoms with Crippen LogP contribution in [0.5, 0.6) is 0 Å². The van der Waals surface area contributed by atoms with E-state index in [2.05, 4.69) is 22.8 Å². The van der Waals surface area contributed by atoms with Gasteiger partial charge < -0.3 is 20.3 Å². The predicted octanol–water partition coefficient (Wildman–Crippen LogP) is 2.94. The SMILES string of the molecule is CC(=O)N[C@@]12CNCC[C@@H]1[C@@H](c1ccccc1)N(C(=O)C1(c3cccc(F)c3)CCOCC1)C2. The fourth-order valence-corrected chi connectivity index (χ4v) is 6.42. The maximum atomic E-state index is 14.6. The molecule has 0 saturated carbocycles. The molecule has 7 heteroatoms. The van der Waals surface area contributed by atoms with E-state index in [1.807, 2.05) is 29.2 Å². The van der Waals surface area contributed by atoms with Gasteiger partial charge in [-0.1, -0.05) is 42.5 Å². The Bertz CT molecular complexity index is 1060. The molecular weight excluding hydrogens is 433 g/mol. The first-order chi connectivity index (χ1) is 16.5. The number of ether oxygens (including phenoxy) is 1. The highest BCUT2D eigenvalue weighted by Crippen LogP contribution is 2.49. The summed E-state index contributed by atoms with van der Waals surface area (Å²) in [5.41, 5.74) is 0.367. The van der Waals surface area contributed by atoms with Crippen molar-refractivity contribution < 1.29 is 18.7 Å². The second-order valence-electron chi connectivity index (χ2n) is 9.90. The molecule has 0 aromatic heterocycles. The zero-order chi connectivity index (χ0) is 23.8. The molecule has 3 atom stereocenters. The number of hydrogen-bond acceptors (Lipinski definition) is 4. The molecule has 3 aliphatic heterocycles. The van der Waals surface area contributed by atoms with Gasteiger partial charge in [0.1, 0.15) is 5.82 Å². The number of rotatable bonds is 4. The standard InChI is InChI=1S/C27H32FN3O3/c1-19(32)30-27-17-29-13-10-23(27)24(20-6-3-2-4-7-20)31(18-27)25(33)26(11-14-34-15-12-26)21-8-5-9-22(28)16-21/h2-9,16,23-24,29H,10-15,17-18H2,1H3,(H,30,32)/t23-,24-,27-/m1/s1. The summed E-state index contributed by atoms with van der Waals surface area (Å²) in [5.74, 6) is -0.367. The molecule has 3 saturated heterocycles. The number of halogens is 1. The van der Waals surface area contributed by atoms with Crippen molar-refractivity contribution in [3.63, 3.8) is 0 Å². The normalized spacial score (nSPS) is 28.2. The molecule has 0 bridgehead atoms. The number of nitrogens with zero attached hydrogens (tertiary/aromatic N) is 1. The third-order valence-electron chi connectivity index (χ3n) is 7.91. The van der Waals surface area contributed by atoms with Crippen molar-refractivity contribution in [2.24, 2.45) is 5.92 Å². The Morgan fingerprint density at radius 2 is 1.88 bits per heavy atom. The first-order valence-corrected chi connectivity index (χ1v) is 12.1. The van der Waals surface area contributed by atoms with Crippen LogP contribution < -0.4 is 10.6 Å². The third kappa shape index (κ3) is 3.91. The maximum Gasteiger partial charge on any atom is 0.234 e. The summed E-state index contributed by atoms with van der Waals surface area (Å²) < 4.78 is 19.9. The lowest BCUT2D eigenvalue weighted by molar-refractivity contribution is -0.143. The topological polar surface area (TPSA) is 70.7 Å². The maximum absolute atomic E-state index is 14.6. The van der Waals surface area contributed by atoms with Crippen molar-refractivity contribution in [1.29, 1.82) is 0 Å². The molecule has 3 aliphatic rings. The molecule has 2 amide bonds. The van der Waals surface area contributed by atoms with E-state index in [4.69, 9.17) is 4.74 Å². The lowest BCUT2D eigenvalue weighted by Crippen LogP contribution is -2.63. The van der Waals surface area contributed by atoms with E-state index < -0.39 is 11.0 Å². The second-order valence-corrected chi connectivity index (χ2v) is 9.90. The highest BCUT2D eigenvalue weighted by Gasteiger charge is 2.58. The minimum absolute atomic E-state index is 0.00520. The molecule has 3 heterocycles. The van der Waals surface area contributed by atoms with E-state index in [1.54, 1.807) is 6.07 Å².